The fourth-order valence-electron chi connectivity index (χ4n) is 0.330. The van der Waals surface area contributed by atoms with Gasteiger partial charge in [-0.15, -0.1) is 0 Å². The van der Waals surface area contributed by atoms with Crippen molar-refractivity contribution >= 4 is 10.0 Å². The molecule has 0 aromatic heterocycles. The Hall–Kier alpha value is -0.0900. The van der Waals surface area contributed by atoms with E-state index in [2.05, 4.69) is 11.6 Å². The predicted octanol–water partition coefficient (Wildman–Crippen LogP) is 0.150. The quantitative estimate of drug-likeness (QED) is 0.620. The fraction of sp³-hybridized carbons (Fsp3) is 0.800. The maximum Gasteiger partial charge on any atom is 0.211 e. The Morgan fingerprint density at radius 3 is 2.44 bits per heavy atom. The summed E-state index contributed by atoms with van der Waals surface area (Å²) in [7, 11) is -3.04. The molecule has 0 amide bonds. The Morgan fingerprint density at radius 1 is 1.56 bits per heavy atom. The summed E-state index contributed by atoms with van der Waals surface area (Å²) in [5, 5.41) is 0. The molecule has 0 rings (SSSR count). The minimum Gasteiger partial charge on any atom is -0.215 e. The first-order chi connectivity index (χ1) is 4.12. The molecule has 0 heterocycles. The fourth-order valence-corrected chi connectivity index (χ4v) is 0.989. The standard InChI is InChI=1S/C5H12NO2S/c1-3-5-6-9(7,8)4-2/h6H,2-5H2,1H3. The summed E-state index contributed by atoms with van der Waals surface area (Å²) in [5.41, 5.74) is 0. The Morgan fingerprint density at radius 2 is 2.11 bits per heavy atom. The molecule has 55 valence electrons. The minimum atomic E-state index is -3.04. The highest BCUT2D eigenvalue weighted by molar-refractivity contribution is 7.89. The van der Waals surface area contributed by atoms with Crippen molar-refractivity contribution in [1.82, 2.24) is 4.72 Å². The Bertz CT molecular complexity index is 150. The molecule has 0 aliphatic heterocycles. The zero-order chi connectivity index (χ0) is 7.33. The van der Waals surface area contributed by atoms with Crippen LogP contribution < -0.4 is 4.72 Å². The van der Waals surface area contributed by atoms with Crippen molar-refractivity contribution in [3.05, 3.63) is 6.92 Å². The van der Waals surface area contributed by atoms with Crippen LogP contribution >= 0.6 is 0 Å². The van der Waals surface area contributed by atoms with Crippen LogP contribution in [0.3, 0.4) is 0 Å². The van der Waals surface area contributed by atoms with Gasteiger partial charge in [-0.2, -0.15) is 0 Å². The first kappa shape index (κ1) is 8.91. The van der Waals surface area contributed by atoms with E-state index in [1.165, 1.54) is 0 Å². The summed E-state index contributed by atoms with van der Waals surface area (Å²) < 4.78 is 23.5. The molecule has 0 saturated heterocycles. The van der Waals surface area contributed by atoms with Crippen molar-refractivity contribution in [1.29, 1.82) is 0 Å². The second-order valence-electron chi connectivity index (χ2n) is 1.71. The lowest BCUT2D eigenvalue weighted by molar-refractivity contribution is 0.584. The van der Waals surface area contributed by atoms with Gasteiger partial charge in [0, 0.05) is 6.54 Å². The topological polar surface area (TPSA) is 46.2 Å². The number of hydrogen-bond donors (Lipinski definition) is 1. The summed E-state index contributed by atoms with van der Waals surface area (Å²) in [6.45, 7) is 5.68. The highest BCUT2D eigenvalue weighted by Crippen LogP contribution is 1.81. The van der Waals surface area contributed by atoms with E-state index in [1.54, 1.807) is 0 Å². The lowest BCUT2D eigenvalue weighted by atomic mass is 10.5. The average molecular weight is 150 g/mol. The molecule has 0 aliphatic carbocycles. The Balaban J connectivity index is 3.61. The van der Waals surface area contributed by atoms with Crippen LogP contribution in [0.4, 0.5) is 0 Å². The van der Waals surface area contributed by atoms with Gasteiger partial charge in [0.1, 0.15) is 0 Å². The van der Waals surface area contributed by atoms with Crippen molar-refractivity contribution in [2.75, 3.05) is 12.3 Å². The van der Waals surface area contributed by atoms with Gasteiger partial charge in [0.05, 0.1) is 5.75 Å². The van der Waals surface area contributed by atoms with Gasteiger partial charge in [0.15, 0.2) is 0 Å². The Labute approximate surface area is 56.5 Å². The molecule has 0 saturated carbocycles. The second kappa shape index (κ2) is 3.85. The lowest BCUT2D eigenvalue weighted by Gasteiger charge is -1.99. The number of nitrogens with one attached hydrogen (secondary N) is 1. The van der Waals surface area contributed by atoms with Crippen LogP contribution in [0.25, 0.3) is 0 Å². The molecule has 3 nitrogen and oxygen atoms in total. The van der Waals surface area contributed by atoms with Gasteiger partial charge in [-0.1, -0.05) is 6.92 Å². The summed E-state index contributed by atoms with van der Waals surface area (Å²) in [4.78, 5) is 0. The van der Waals surface area contributed by atoms with Crippen LogP contribution in [0.1, 0.15) is 13.3 Å². The predicted molar refractivity (Wildman–Crippen MR) is 37.4 cm³/mol. The minimum absolute atomic E-state index is 0.0764. The van der Waals surface area contributed by atoms with E-state index in [9.17, 15) is 8.42 Å². The van der Waals surface area contributed by atoms with Gasteiger partial charge < -0.3 is 0 Å². The lowest BCUT2D eigenvalue weighted by Crippen LogP contribution is -2.25. The highest BCUT2D eigenvalue weighted by Gasteiger charge is 2.02. The number of sulfonamides is 1. The van der Waals surface area contributed by atoms with E-state index in [-0.39, 0.29) is 5.75 Å². The smallest absolute Gasteiger partial charge is 0.211 e. The third kappa shape index (κ3) is 4.42. The number of hydrogen-bond acceptors (Lipinski definition) is 2. The van der Waals surface area contributed by atoms with E-state index < -0.39 is 10.0 Å². The molecule has 0 aromatic carbocycles. The molecule has 1 N–H and O–H groups in total. The van der Waals surface area contributed by atoms with Crippen molar-refractivity contribution in [2.45, 2.75) is 13.3 Å². The normalized spacial score (nSPS) is 11.8. The first-order valence-electron chi connectivity index (χ1n) is 2.89. The molecule has 0 unspecified atom stereocenters. The molecule has 0 bridgehead atoms. The zero-order valence-electron chi connectivity index (χ0n) is 5.55. The van der Waals surface area contributed by atoms with Crippen LogP contribution in [-0.2, 0) is 10.0 Å². The monoisotopic (exact) mass is 150 g/mol. The average Bonchev–Trinajstić information content (AvgIpc) is 1.84. The Kier molecular flexibility index (Phi) is 3.81. The molecule has 1 radical (unpaired) electrons. The van der Waals surface area contributed by atoms with Crippen molar-refractivity contribution in [3.63, 3.8) is 0 Å². The van der Waals surface area contributed by atoms with E-state index in [1.807, 2.05) is 6.92 Å². The van der Waals surface area contributed by atoms with Gasteiger partial charge in [0.25, 0.3) is 0 Å². The largest absolute Gasteiger partial charge is 0.215 e. The number of rotatable bonds is 4. The maximum atomic E-state index is 10.6. The van der Waals surface area contributed by atoms with Crippen molar-refractivity contribution in [2.24, 2.45) is 0 Å². The third-order valence-corrected chi connectivity index (χ3v) is 2.02. The van der Waals surface area contributed by atoms with Crippen LogP contribution in [0.5, 0.6) is 0 Å². The van der Waals surface area contributed by atoms with Gasteiger partial charge in [-0.3, -0.25) is 0 Å². The third-order valence-electron chi connectivity index (χ3n) is 0.841. The van der Waals surface area contributed by atoms with Crippen LogP contribution in [0, 0.1) is 6.92 Å². The summed E-state index contributed by atoms with van der Waals surface area (Å²) in [5.74, 6) is -0.0764. The highest BCUT2D eigenvalue weighted by atomic mass is 32.2. The van der Waals surface area contributed by atoms with E-state index in [0.29, 0.717) is 6.54 Å². The van der Waals surface area contributed by atoms with E-state index in [4.69, 9.17) is 0 Å². The van der Waals surface area contributed by atoms with Crippen LogP contribution in [0.15, 0.2) is 0 Å². The summed E-state index contributed by atoms with van der Waals surface area (Å²) in [6.07, 6.45) is 0.819. The summed E-state index contributed by atoms with van der Waals surface area (Å²) in [6, 6.07) is 0. The van der Waals surface area contributed by atoms with Crippen molar-refractivity contribution < 1.29 is 8.42 Å². The molecule has 9 heavy (non-hydrogen) atoms. The SMILES string of the molecule is [CH2]CS(=O)(=O)NCCC. The molecular weight excluding hydrogens is 138 g/mol. The molecule has 4 heteroatoms. The summed E-state index contributed by atoms with van der Waals surface area (Å²) >= 11 is 0. The molecule has 0 aliphatic rings. The zero-order valence-corrected chi connectivity index (χ0v) is 6.37. The van der Waals surface area contributed by atoms with Gasteiger partial charge in [-0.25, -0.2) is 13.1 Å². The molecule has 0 fully saturated rings. The second-order valence-corrected chi connectivity index (χ2v) is 3.64. The van der Waals surface area contributed by atoms with E-state index >= 15 is 0 Å². The molecular formula is C5H12NO2S. The van der Waals surface area contributed by atoms with Gasteiger partial charge in [-0.05, 0) is 13.3 Å². The maximum absolute atomic E-state index is 10.6. The van der Waals surface area contributed by atoms with Gasteiger partial charge in [0.2, 0.25) is 10.0 Å². The molecule has 0 aromatic rings. The first-order valence-corrected chi connectivity index (χ1v) is 4.54. The molecule has 0 spiro atoms. The van der Waals surface area contributed by atoms with Gasteiger partial charge >= 0.3 is 0 Å². The molecule has 0 atom stereocenters. The van der Waals surface area contributed by atoms with Crippen LogP contribution in [0.2, 0.25) is 0 Å². The van der Waals surface area contributed by atoms with Crippen molar-refractivity contribution in [3.8, 4) is 0 Å². The van der Waals surface area contributed by atoms with Crippen LogP contribution in [-0.4, -0.2) is 20.7 Å². The van der Waals surface area contributed by atoms with E-state index in [0.717, 1.165) is 6.42 Å².